The maximum Gasteiger partial charge on any atom is 0.0641 e. The highest BCUT2D eigenvalue weighted by Crippen LogP contribution is 2.08. The second-order valence-electron chi connectivity index (χ2n) is 2.68. The summed E-state index contributed by atoms with van der Waals surface area (Å²) in [5.74, 6) is 0.0915. The van der Waals surface area contributed by atoms with Crippen LogP contribution in [0.1, 0.15) is 5.56 Å². The predicted octanol–water partition coefficient (Wildman–Crippen LogP) is 0.733. The Bertz CT molecular complexity index is 338. The van der Waals surface area contributed by atoms with E-state index in [1.54, 1.807) is 6.08 Å². The summed E-state index contributed by atoms with van der Waals surface area (Å²) in [7, 11) is 0. The van der Waals surface area contributed by atoms with Crippen LogP contribution in [0.2, 0.25) is 0 Å². The predicted molar refractivity (Wildman–Crippen MR) is 45.9 cm³/mol. The van der Waals surface area contributed by atoms with E-state index in [4.69, 9.17) is 0 Å². The maximum absolute atomic E-state index is 10.9. The summed E-state index contributed by atoms with van der Waals surface area (Å²) >= 11 is 0. The molecule has 1 aliphatic heterocycles. The minimum absolute atomic E-state index is 0.0915. The van der Waals surface area contributed by atoms with Crippen LogP contribution < -0.4 is 5.11 Å². The molecule has 0 radical (unpaired) electrons. The maximum atomic E-state index is 10.9. The van der Waals surface area contributed by atoms with E-state index < -0.39 is 0 Å². The number of aliphatic imine (C=N–C) groups is 1. The highest BCUT2D eigenvalue weighted by Gasteiger charge is 2.02. The fourth-order valence-electron chi connectivity index (χ4n) is 1.19. The molecule has 1 aromatic carbocycles. The van der Waals surface area contributed by atoms with Gasteiger partial charge in [-0.25, -0.2) is 0 Å². The van der Waals surface area contributed by atoms with Gasteiger partial charge in [0.25, 0.3) is 0 Å². The van der Waals surface area contributed by atoms with Crippen molar-refractivity contribution in [2.45, 2.75) is 0 Å². The molecule has 1 aliphatic rings. The van der Waals surface area contributed by atoms with E-state index in [0.717, 1.165) is 11.3 Å². The minimum Gasteiger partial charge on any atom is -0.874 e. The first-order chi connectivity index (χ1) is 5.86. The summed E-state index contributed by atoms with van der Waals surface area (Å²) in [6, 6.07) is 9.73. The van der Waals surface area contributed by atoms with Crippen molar-refractivity contribution in [3.8, 4) is 0 Å². The number of benzene rings is 1. The standard InChI is InChI=1S/C10H9NO/c12-9-6-10(11-7-9)8-4-2-1-3-5-8/h1-6,12H,7H2/p-1. The van der Waals surface area contributed by atoms with Crippen molar-refractivity contribution in [2.24, 2.45) is 4.99 Å². The molecule has 0 saturated carbocycles. The molecule has 0 amide bonds. The molecular weight excluding hydrogens is 150 g/mol. The van der Waals surface area contributed by atoms with Crippen LogP contribution >= 0.6 is 0 Å². The number of hydrogen-bond donors (Lipinski definition) is 0. The van der Waals surface area contributed by atoms with Crippen LogP contribution in [0.25, 0.3) is 0 Å². The van der Waals surface area contributed by atoms with Gasteiger partial charge in [0.1, 0.15) is 0 Å². The third-order valence-corrected chi connectivity index (χ3v) is 1.77. The summed E-state index contributed by atoms with van der Waals surface area (Å²) in [6.07, 6.45) is 1.59. The Morgan fingerprint density at radius 3 is 2.50 bits per heavy atom. The summed E-state index contributed by atoms with van der Waals surface area (Å²) in [5, 5.41) is 10.9. The lowest BCUT2D eigenvalue weighted by Gasteiger charge is -1.99. The van der Waals surface area contributed by atoms with Crippen molar-refractivity contribution in [1.82, 2.24) is 0 Å². The van der Waals surface area contributed by atoms with Crippen molar-refractivity contribution in [3.63, 3.8) is 0 Å². The first-order valence-corrected chi connectivity index (χ1v) is 3.84. The van der Waals surface area contributed by atoms with Crippen LogP contribution in [0.3, 0.4) is 0 Å². The fraction of sp³-hybridized carbons (Fsp3) is 0.100. The SMILES string of the molecule is [O-]C1=CC(c2ccccc2)=NC1. The van der Waals surface area contributed by atoms with Crippen LogP contribution in [-0.4, -0.2) is 12.3 Å². The zero-order chi connectivity index (χ0) is 8.39. The van der Waals surface area contributed by atoms with E-state index in [1.807, 2.05) is 30.3 Å². The quantitative estimate of drug-likeness (QED) is 0.593. The van der Waals surface area contributed by atoms with Gasteiger partial charge in [-0.05, 0) is 11.6 Å². The fourth-order valence-corrected chi connectivity index (χ4v) is 1.19. The second kappa shape index (κ2) is 2.81. The molecular formula is C10H8NO-. The van der Waals surface area contributed by atoms with E-state index in [2.05, 4.69) is 4.99 Å². The molecule has 0 aliphatic carbocycles. The van der Waals surface area contributed by atoms with Gasteiger partial charge in [0.05, 0.1) is 12.3 Å². The van der Waals surface area contributed by atoms with Gasteiger partial charge in [-0.2, -0.15) is 0 Å². The third kappa shape index (κ3) is 1.23. The molecule has 0 fully saturated rings. The Hall–Kier alpha value is -1.57. The average molecular weight is 158 g/mol. The van der Waals surface area contributed by atoms with Gasteiger partial charge in [-0.15, -0.1) is 5.76 Å². The molecule has 0 N–H and O–H groups in total. The molecule has 2 heteroatoms. The molecule has 0 aromatic heterocycles. The van der Waals surface area contributed by atoms with E-state index in [1.165, 1.54) is 0 Å². The molecule has 60 valence electrons. The van der Waals surface area contributed by atoms with Crippen LogP contribution in [-0.2, 0) is 0 Å². The molecule has 0 saturated heterocycles. The molecule has 1 aromatic rings. The number of nitrogens with zero attached hydrogens (tertiary/aromatic N) is 1. The van der Waals surface area contributed by atoms with Gasteiger partial charge in [0.15, 0.2) is 0 Å². The van der Waals surface area contributed by atoms with E-state index >= 15 is 0 Å². The zero-order valence-corrected chi connectivity index (χ0v) is 6.53. The van der Waals surface area contributed by atoms with Crippen LogP contribution in [0.4, 0.5) is 0 Å². The lowest BCUT2D eigenvalue weighted by molar-refractivity contribution is -0.302. The highest BCUT2D eigenvalue weighted by molar-refractivity contribution is 6.10. The first kappa shape index (κ1) is 7.10. The molecule has 0 bridgehead atoms. The first-order valence-electron chi connectivity index (χ1n) is 3.84. The molecule has 12 heavy (non-hydrogen) atoms. The molecule has 0 unspecified atom stereocenters. The molecule has 0 spiro atoms. The normalized spacial score (nSPS) is 15.7. The van der Waals surface area contributed by atoms with Gasteiger partial charge in [-0.1, -0.05) is 30.3 Å². The average Bonchev–Trinajstić information content (AvgIpc) is 2.54. The molecule has 1 heterocycles. The van der Waals surface area contributed by atoms with Crippen molar-refractivity contribution in [1.29, 1.82) is 0 Å². The van der Waals surface area contributed by atoms with Crippen molar-refractivity contribution >= 4 is 5.71 Å². The van der Waals surface area contributed by atoms with Crippen molar-refractivity contribution in [3.05, 3.63) is 47.7 Å². The summed E-state index contributed by atoms with van der Waals surface area (Å²) in [6.45, 7) is 0.310. The lowest BCUT2D eigenvalue weighted by atomic mass is 10.1. The van der Waals surface area contributed by atoms with Gasteiger partial charge in [-0.3, -0.25) is 4.99 Å². The van der Waals surface area contributed by atoms with Crippen molar-refractivity contribution in [2.75, 3.05) is 6.54 Å². The number of allylic oxidation sites excluding steroid dienone is 1. The number of rotatable bonds is 1. The Labute approximate surface area is 70.9 Å². The largest absolute Gasteiger partial charge is 0.874 e. The summed E-state index contributed by atoms with van der Waals surface area (Å²) < 4.78 is 0. The van der Waals surface area contributed by atoms with Gasteiger partial charge < -0.3 is 5.11 Å². The lowest BCUT2D eigenvalue weighted by Crippen LogP contribution is -2.03. The highest BCUT2D eigenvalue weighted by atomic mass is 16.3. The Morgan fingerprint density at radius 2 is 1.92 bits per heavy atom. The Balaban J connectivity index is 2.34. The van der Waals surface area contributed by atoms with Gasteiger partial charge in [0, 0.05) is 0 Å². The smallest absolute Gasteiger partial charge is 0.0641 e. The van der Waals surface area contributed by atoms with Crippen molar-refractivity contribution < 1.29 is 5.11 Å². The van der Waals surface area contributed by atoms with E-state index in [0.29, 0.717) is 6.54 Å². The summed E-state index contributed by atoms with van der Waals surface area (Å²) in [4.78, 5) is 4.10. The van der Waals surface area contributed by atoms with E-state index in [-0.39, 0.29) is 5.76 Å². The molecule has 2 nitrogen and oxygen atoms in total. The minimum atomic E-state index is 0.0915. The van der Waals surface area contributed by atoms with Crippen LogP contribution in [0, 0.1) is 0 Å². The second-order valence-corrected chi connectivity index (χ2v) is 2.68. The van der Waals surface area contributed by atoms with Crippen LogP contribution in [0.15, 0.2) is 47.2 Å². The Morgan fingerprint density at radius 1 is 1.17 bits per heavy atom. The topological polar surface area (TPSA) is 35.4 Å². The Kier molecular flexibility index (Phi) is 1.67. The monoisotopic (exact) mass is 158 g/mol. The molecule has 2 rings (SSSR count). The van der Waals surface area contributed by atoms with E-state index in [9.17, 15) is 5.11 Å². The third-order valence-electron chi connectivity index (χ3n) is 1.77. The zero-order valence-electron chi connectivity index (χ0n) is 6.53. The van der Waals surface area contributed by atoms with Gasteiger partial charge >= 0.3 is 0 Å². The van der Waals surface area contributed by atoms with Gasteiger partial charge in [0.2, 0.25) is 0 Å². The number of hydrogen-bond acceptors (Lipinski definition) is 2. The van der Waals surface area contributed by atoms with Crippen LogP contribution in [0.5, 0.6) is 0 Å². The molecule has 0 atom stereocenters. The summed E-state index contributed by atoms with van der Waals surface area (Å²) in [5.41, 5.74) is 1.82.